The van der Waals surface area contributed by atoms with Crippen LogP contribution in [0.5, 0.6) is 0 Å². The summed E-state index contributed by atoms with van der Waals surface area (Å²) < 4.78 is 0.868. The highest BCUT2D eigenvalue weighted by Crippen LogP contribution is 2.27. The number of rotatable bonds is 2. The van der Waals surface area contributed by atoms with Crippen LogP contribution in [0, 0.1) is 13.8 Å². The standard InChI is InChI=1S/C17H14BrNO/c1-10-6-7-15-13(8-10)14(9-19-15)17(20)12-5-3-4-11(2)16(12)18/h3-9,19H,1-2H3. The smallest absolute Gasteiger partial charge is 0.196 e. The zero-order valence-electron chi connectivity index (χ0n) is 11.3. The molecule has 0 bridgehead atoms. The highest BCUT2D eigenvalue weighted by Gasteiger charge is 2.17. The van der Waals surface area contributed by atoms with Gasteiger partial charge in [0, 0.05) is 32.7 Å². The molecule has 0 saturated heterocycles. The van der Waals surface area contributed by atoms with Crippen molar-refractivity contribution in [1.29, 1.82) is 0 Å². The van der Waals surface area contributed by atoms with Gasteiger partial charge in [0.15, 0.2) is 5.78 Å². The van der Waals surface area contributed by atoms with E-state index >= 15 is 0 Å². The van der Waals surface area contributed by atoms with Crippen LogP contribution in [0.25, 0.3) is 10.9 Å². The first-order valence-corrected chi connectivity index (χ1v) is 7.25. The van der Waals surface area contributed by atoms with Crippen LogP contribution in [-0.2, 0) is 0 Å². The Labute approximate surface area is 126 Å². The van der Waals surface area contributed by atoms with Gasteiger partial charge in [0.05, 0.1) is 0 Å². The van der Waals surface area contributed by atoms with E-state index in [0.717, 1.165) is 32.1 Å². The third kappa shape index (κ3) is 2.08. The predicted molar refractivity (Wildman–Crippen MR) is 85.3 cm³/mol. The van der Waals surface area contributed by atoms with Crippen molar-refractivity contribution in [3.05, 3.63) is 69.3 Å². The average Bonchev–Trinajstić information content (AvgIpc) is 2.84. The minimum atomic E-state index is 0.0393. The van der Waals surface area contributed by atoms with E-state index in [1.807, 2.05) is 50.2 Å². The van der Waals surface area contributed by atoms with Crippen LogP contribution in [0.3, 0.4) is 0 Å². The van der Waals surface area contributed by atoms with E-state index in [1.54, 1.807) is 6.20 Å². The molecule has 0 aliphatic carbocycles. The van der Waals surface area contributed by atoms with Gasteiger partial charge in [-0.05, 0) is 53.5 Å². The van der Waals surface area contributed by atoms with Crippen LogP contribution in [-0.4, -0.2) is 10.8 Å². The number of hydrogen-bond donors (Lipinski definition) is 1. The second-order valence-corrected chi connectivity index (χ2v) is 5.81. The number of aromatic nitrogens is 1. The zero-order chi connectivity index (χ0) is 14.3. The number of nitrogens with one attached hydrogen (secondary N) is 1. The molecule has 2 nitrogen and oxygen atoms in total. The lowest BCUT2D eigenvalue weighted by molar-refractivity contribution is 0.103. The number of aryl methyl sites for hydroxylation is 2. The molecule has 0 atom stereocenters. The molecule has 0 saturated carbocycles. The topological polar surface area (TPSA) is 32.9 Å². The van der Waals surface area contributed by atoms with Crippen molar-refractivity contribution in [2.24, 2.45) is 0 Å². The Kier molecular flexibility index (Phi) is 3.22. The normalized spacial score (nSPS) is 10.9. The van der Waals surface area contributed by atoms with Gasteiger partial charge in [0.2, 0.25) is 0 Å². The second kappa shape index (κ2) is 4.91. The van der Waals surface area contributed by atoms with Crippen LogP contribution in [0.2, 0.25) is 0 Å². The number of halogens is 1. The average molecular weight is 328 g/mol. The molecule has 0 aliphatic heterocycles. The van der Waals surface area contributed by atoms with Gasteiger partial charge >= 0.3 is 0 Å². The van der Waals surface area contributed by atoms with Crippen LogP contribution in [0.15, 0.2) is 47.1 Å². The maximum Gasteiger partial charge on any atom is 0.196 e. The first-order chi connectivity index (χ1) is 9.58. The van der Waals surface area contributed by atoms with E-state index in [4.69, 9.17) is 0 Å². The zero-order valence-corrected chi connectivity index (χ0v) is 12.9. The molecule has 0 unspecified atom stereocenters. The van der Waals surface area contributed by atoms with Gasteiger partial charge < -0.3 is 4.98 Å². The van der Waals surface area contributed by atoms with Gasteiger partial charge in [-0.1, -0.05) is 23.8 Å². The van der Waals surface area contributed by atoms with Crippen molar-refractivity contribution in [2.45, 2.75) is 13.8 Å². The third-order valence-corrected chi connectivity index (χ3v) is 4.57. The maximum absolute atomic E-state index is 12.8. The molecular formula is C17H14BrNO. The lowest BCUT2D eigenvalue weighted by Crippen LogP contribution is -2.02. The van der Waals surface area contributed by atoms with Gasteiger partial charge in [0.25, 0.3) is 0 Å². The first-order valence-electron chi connectivity index (χ1n) is 6.45. The highest BCUT2D eigenvalue weighted by molar-refractivity contribution is 9.10. The van der Waals surface area contributed by atoms with E-state index in [2.05, 4.69) is 20.9 Å². The van der Waals surface area contributed by atoms with Gasteiger partial charge in [-0.25, -0.2) is 0 Å². The minimum absolute atomic E-state index is 0.0393. The number of aromatic amines is 1. The summed E-state index contributed by atoms with van der Waals surface area (Å²) in [6.45, 7) is 4.02. The number of carbonyl (C=O) groups excluding carboxylic acids is 1. The number of hydrogen-bond acceptors (Lipinski definition) is 1. The molecule has 1 N–H and O–H groups in total. The molecule has 1 heterocycles. The van der Waals surface area contributed by atoms with E-state index in [9.17, 15) is 4.79 Å². The number of benzene rings is 2. The molecule has 3 rings (SSSR count). The molecule has 20 heavy (non-hydrogen) atoms. The summed E-state index contributed by atoms with van der Waals surface area (Å²) in [5.41, 5.74) is 4.62. The lowest BCUT2D eigenvalue weighted by Gasteiger charge is -2.05. The minimum Gasteiger partial charge on any atom is -0.360 e. The Morgan fingerprint density at radius 2 is 1.90 bits per heavy atom. The Balaban J connectivity index is 2.18. The summed E-state index contributed by atoms with van der Waals surface area (Å²) in [6, 6.07) is 11.8. The molecule has 3 heteroatoms. The first kappa shape index (κ1) is 13.1. The van der Waals surface area contributed by atoms with E-state index in [1.165, 1.54) is 0 Å². The molecule has 100 valence electrons. The summed E-state index contributed by atoms with van der Waals surface area (Å²) in [5.74, 6) is 0.0393. The molecule has 0 spiro atoms. The molecule has 0 amide bonds. The van der Waals surface area contributed by atoms with Crippen molar-refractivity contribution in [1.82, 2.24) is 4.98 Å². The largest absolute Gasteiger partial charge is 0.360 e. The third-order valence-electron chi connectivity index (χ3n) is 3.52. The van der Waals surface area contributed by atoms with Crippen molar-refractivity contribution in [3.63, 3.8) is 0 Å². The second-order valence-electron chi connectivity index (χ2n) is 5.02. The number of H-pyrrole nitrogens is 1. The Morgan fingerprint density at radius 1 is 1.10 bits per heavy atom. The summed E-state index contributed by atoms with van der Waals surface area (Å²) in [4.78, 5) is 15.9. The van der Waals surface area contributed by atoms with Crippen molar-refractivity contribution in [3.8, 4) is 0 Å². The van der Waals surface area contributed by atoms with Gasteiger partial charge in [-0.2, -0.15) is 0 Å². The molecule has 0 fully saturated rings. The number of carbonyl (C=O) groups is 1. The SMILES string of the molecule is Cc1ccc2[nH]cc(C(=O)c3cccc(C)c3Br)c2c1. The Bertz CT molecular complexity index is 817. The van der Waals surface area contributed by atoms with Gasteiger partial charge in [-0.15, -0.1) is 0 Å². The summed E-state index contributed by atoms with van der Waals surface area (Å²) in [6.07, 6.45) is 1.79. The lowest BCUT2D eigenvalue weighted by atomic mass is 10.0. The van der Waals surface area contributed by atoms with Crippen molar-refractivity contribution < 1.29 is 4.79 Å². The van der Waals surface area contributed by atoms with Gasteiger partial charge in [0.1, 0.15) is 0 Å². The fraction of sp³-hybridized carbons (Fsp3) is 0.118. The van der Waals surface area contributed by atoms with Gasteiger partial charge in [-0.3, -0.25) is 4.79 Å². The fourth-order valence-electron chi connectivity index (χ4n) is 2.39. The van der Waals surface area contributed by atoms with E-state index in [0.29, 0.717) is 5.56 Å². The highest BCUT2D eigenvalue weighted by atomic mass is 79.9. The quantitative estimate of drug-likeness (QED) is 0.675. The van der Waals surface area contributed by atoms with Crippen LogP contribution >= 0.6 is 15.9 Å². The van der Waals surface area contributed by atoms with Crippen molar-refractivity contribution >= 4 is 32.6 Å². The summed E-state index contributed by atoms with van der Waals surface area (Å²) >= 11 is 3.51. The monoisotopic (exact) mass is 327 g/mol. The van der Waals surface area contributed by atoms with E-state index in [-0.39, 0.29) is 5.78 Å². The van der Waals surface area contributed by atoms with Crippen LogP contribution in [0.4, 0.5) is 0 Å². The Hall–Kier alpha value is -1.87. The molecule has 0 radical (unpaired) electrons. The number of ketones is 1. The van der Waals surface area contributed by atoms with Crippen LogP contribution < -0.4 is 0 Å². The summed E-state index contributed by atoms with van der Waals surface area (Å²) in [5, 5.41) is 0.975. The van der Waals surface area contributed by atoms with Crippen LogP contribution in [0.1, 0.15) is 27.0 Å². The van der Waals surface area contributed by atoms with E-state index < -0.39 is 0 Å². The molecule has 0 aliphatic rings. The molecule has 2 aromatic carbocycles. The molecule has 3 aromatic rings. The van der Waals surface area contributed by atoms with Crippen molar-refractivity contribution in [2.75, 3.05) is 0 Å². The molecule has 1 aromatic heterocycles. The number of fused-ring (bicyclic) bond motifs is 1. The molecular weight excluding hydrogens is 314 g/mol. The maximum atomic E-state index is 12.8. The summed E-state index contributed by atoms with van der Waals surface area (Å²) in [7, 11) is 0. The Morgan fingerprint density at radius 3 is 2.70 bits per heavy atom. The fourth-order valence-corrected chi connectivity index (χ4v) is 2.83. The predicted octanol–water partition coefficient (Wildman–Crippen LogP) is 4.78.